The molecular formula is C20H22F3N5O3. The number of aromatic nitrogens is 3. The van der Waals surface area contributed by atoms with Gasteiger partial charge in [-0.25, -0.2) is 0 Å². The fraction of sp³-hybridized carbons (Fsp3) is 0.600. The number of hydrogen-bond donors (Lipinski definition) is 0. The summed E-state index contributed by atoms with van der Waals surface area (Å²) in [5, 5.41) is 12.1. The van der Waals surface area contributed by atoms with E-state index in [9.17, 15) is 13.2 Å². The van der Waals surface area contributed by atoms with Crippen molar-refractivity contribution in [3.63, 3.8) is 0 Å². The molecule has 1 aliphatic heterocycles. The van der Waals surface area contributed by atoms with Gasteiger partial charge in [0.2, 0.25) is 0 Å². The molecule has 0 atom stereocenters. The van der Waals surface area contributed by atoms with Gasteiger partial charge in [0.15, 0.2) is 0 Å². The maximum atomic E-state index is 12.6. The molecule has 0 N–H and O–H groups in total. The van der Waals surface area contributed by atoms with Gasteiger partial charge >= 0.3 is 12.2 Å². The molecule has 2 aromatic heterocycles. The first kappa shape index (κ1) is 21.4. The van der Waals surface area contributed by atoms with E-state index in [-0.39, 0.29) is 24.3 Å². The van der Waals surface area contributed by atoms with Gasteiger partial charge in [0.1, 0.15) is 17.4 Å². The molecule has 1 saturated heterocycles. The lowest BCUT2D eigenvalue weighted by molar-refractivity contribution is -0.146. The third kappa shape index (κ3) is 5.25. The number of anilines is 1. The van der Waals surface area contributed by atoms with Crippen molar-refractivity contribution in [2.24, 2.45) is 0 Å². The number of nitriles is 1. The maximum absolute atomic E-state index is 12.6. The molecule has 2 aromatic rings. The van der Waals surface area contributed by atoms with Crippen LogP contribution < -0.4 is 9.64 Å². The van der Waals surface area contributed by atoms with E-state index >= 15 is 0 Å². The SMILES string of the molecule is N#Cc1cnccc1OC1CCC(OC2CCN(c3nc(C(F)(F)F)no3)CC2)CC1. The summed E-state index contributed by atoms with van der Waals surface area (Å²) in [4.78, 5) is 9.04. The summed E-state index contributed by atoms with van der Waals surface area (Å²) < 4.78 is 54.9. The van der Waals surface area contributed by atoms with Crippen LogP contribution in [0, 0.1) is 11.3 Å². The second-order valence-corrected chi connectivity index (χ2v) is 7.72. The second kappa shape index (κ2) is 9.09. The van der Waals surface area contributed by atoms with Gasteiger partial charge < -0.3 is 18.9 Å². The smallest absolute Gasteiger partial charge is 0.455 e. The van der Waals surface area contributed by atoms with Gasteiger partial charge in [-0.05, 0) is 49.7 Å². The summed E-state index contributed by atoms with van der Waals surface area (Å²) in [6, 6.07) is 3.69. The highest BCUT2D eigenvalue weighted by Gasteiger charge is 2.38. The quantitative estimate of drug-likeness (QED) is 0.698. The molecule has 0 aromatic carbocycles. The lowest BCUT2D eigenvalue weighted by atomic mass is 9.94. The summed E-state index contributed by atoms with van der Waals surface area (Å²) in [5.41, 5.74) is 0.427. The van der Waals surface area contributed by atoms with Crippen LogP contribution in [-0.4, -0.2) is 46.5 Å². The average Bonchev–Trinajstić information content (AvgIpc) is 3.27. The van der Waals surface area contributed by atoms with Crippen LogP contribution in [0.2, 0.25) is 0 Å². The fourth-order valence-corrected chi connectivity index (χ4v) is 3.95. The topological polar surface area (TPSA) is 97.3 Å². The molecule has 0 amide bonds. The van der Waals surface area contributed by atoms with E-state index in [1.165, 1.54) is 6.20 Å². The number of piperidine rings is 1. The summed E-state index contributed by atoms with van der Waals surface area (Å²) in [7, 11) is 0. The molecule has 1 aliphatic carbocycles. The second-order valence-electron chi connectivity index (χ2n) is 7.72. The number of nitrogens with zero attached hydrogens (tertiary/aromatic N) is 5. The molecule has 8 nitrogen and oxygen atoms in total. The van der Waals surface area contributed by atoms with E-state index in [1.54, 1.807) is 17.2 Å². The molecule has 0 bridgehead atoms. The zero-order valence-corrected chi connectivity index (χ0v) is 16.7. The fourth-order valence-electron chi connectivity index (χ4n) is 3.95. The third-order valence-corrected chi connectivity index (χ3v) is 5.58. The number of rotatable bonds is 5. The van der Waals surface area contributed by atoms with Gasteiger partial charge in [-0.3, -0.25) is 4.98 Å². The van der Waals surface area contributed by atoms with E-state index in [2.05, 4.69) is 21.2 Å². The van der Waals surface area contributed by atoms with Gasteiger partial charge in [0.05, 0.1) is 18.3 Å². The molecule has 4 rings (SSSR count). The van der Waals surface area contributed by atoms with Crippen molar-refractivity contribution in [2.45, 2.75) is 63.0 Å². The van der Waals surface area contributed by atoms with Crippen LogP contribution >= 0.6 is 0 Å². The van der Waals surface area contributed by atoms with E-state index < -0.39 is 12.0 Å². The van der Waals surface area contributed by atoms with Crippen molar-refractivity contribution in [3.8, 4) is 11.8 Å². The number of hydrogen-bond acceptors (Lipinski definition) is 8. The van der Waals surface area contributed by atoms with Crippen molar-refractivity contribution < 1.29 is 27.2 Å². The standard InChI is InChI=1S/C20H22F3N5O3/c21-20(22,23)18-26-19(31-27-18)28-9-6-16(7-10-28)29-14-1-3-15(4-2-14)30-17-5-8-25-12-13(17)11-24/h5,8,12,14-16H,1-4,6-7,9-10H2. The van der Waals surface area contributed by atoms with Crippen molar-refractivity contribution in [2.75, 3.05) is 18.0 Å². The molecule has 1 saturated carbocycles. The van der Waals surface area contributed by atoms with Crippen molar-refractivity contribution >= 4 is 6.01 Å². The number of halogens is 3. The summed E-state index contributed by atoms with van der Waals surface area (Å²) in [5.74, 6) is -0.697. The van der Waals surface area contributed by atoms with Crippen molar-refractivity contribution in [1.82, 2.24) is 15.1 Å². The lowest BCUT2D eigenvalue weighted by Gasteiger charge is -2.35. The zero-order valence-electron chi connectivity index (χ0n) is 16.7. The first-order valence-corrected chi connectivity index (χ1v) is 10.2. The highest BCUT2D eigenvalue weighted by atomic mass is 19.4. The van der Waals surface area contributed by atoms with Crippen LogP contribution in [-0.2, 0) is 10.9 Å². The van der Waals surface area contributed by atoms with Crippen LogP contribution in [0.3, 0.4) is 0 Å². The molecule has 31 heavy (non-hydrogen) atoms. The Bertz CT molecular complexity index is 913. The van der Waals surface area contributed by atoms with Crippen LogP contribution in [0.5, 0.6) is 5.75 Å². The molecule has 2 aliphatic rings. The minimum atomic E-state index is -4.61. The molecule has 0 radical (unpaired) electrons. The van der Waals surface area contributed by atoms with Crippen LogP contribution in [0.25, 0.3) is 0 Å². The summed E-state index contributed by atoms with van der Waals surface area (Å²) >= 11 is 0. The Morgan fingerprint density at radius 3 is 2.39 bits per heavy atom. The van der Waals surface area contributed by atoms with Crippen molar-refractivity contribution in [1.29, 1.82) is 5.26 Å². The Labute approximate surface area is 177 Å². The van der Waals surface area contributed by atoms with Gasteiger partial charge in [0, 0.05) is 25.5 Å². The highest BCUT2D eigenvalue weighted by Crippen LogP contribution is 2.31. The minimum Gasteiger partial charge on any atom is -0.489 e. The van der Waals surface area contributed by atoms with E-state index in [4.69, 9.17) is 19.3 Å². The van der Waals surface area contributed by atoms with Crippen LogP contribution in [0.1, 0.15) is 49.9 Å². The molecule has 2 fully saturated rings. The Balaban J connectivity index is 1.21. The molecule has 0 spiro atoms. The predicted octanol–water partition coefficient (Wildman–Crippen LogP) is 3.73. The normalized spacial score (nSPS) is 22.8. The number of pyridine rings is 1. The highest BCUT2D eigenvalue weighted by molar-refractivity contribution is 5.40. The van der Waals surface area contributed by atoms with E-state index in [1.807, 2.05) is 0 Å². The average molecular weight is 437 g/mol. The molecule has 166 valence electrons. The van der Waals surface area contributed by atoms with Gasteiger partial charge in [-0.15, -0.1) is 0 Å². The van der Waals surface area contributed by atoms with Crippen LogP contribution in [0.4, 0.5) is 19.2 Å². The Morgan fingerprint density at radius 2 is 1.74 bits per heavy atom. The van der Waals surface area contributed by atoms with E-state index in [0.717, 1.165) is 25.7 Å². The van der Waals surface area contributed by atoms with Gasteiger partial charge in [-0.1, -0.05) is 0 Å². The first-order valence-electron chi connectivity index (χ1n) is 10.2. The largest absolute Gasteiger partial charge is 0.489 e. The summed E-state index contributed by atoms with van der Waals surface area (Å²) in [6.07, 6.45) is 3.45. The van der Waals surface area contributed by atoms with Crippen molar-refractivity contribution in [3.05, 3.63) is 29.8 Å². The third-order valence-electron chi connectivity index (χ3n) is 5.58. The van der Waals surface area contributed by atoms with Gasteiger partial charge in [-0.2, -0.15) is 23.4 Å². The Hall–Kier alpha value is -2.87. The first-order chi connectivity index (χ1) is 14.9. The predicted molar refractivity (Wildman–Crippen MR) is 101 cm³/mol. The monoisotopic (exact) mass is 437 g/mol. The summed E-state index contributed by atoms with van der Waals surface area (Å²) in [6.45, 7) is 1.00. The zero-order chi connectivity index (χ0) is 21.8. The Kier molecular flexibility index (Phi) is 6.27. The number of ether oxygens (including phenoxy) is 2. The lowest BCUT2D eigenvalue weighted by Crippen LogP contribution is -2.40. The maximum Gasteiger partial charge on any atom is 0.455 e. The minimum absolute atomic E-state index is 0.0385. The van der Waals surface area contributed by atoms with Crippen LogP contribution in [0.15, 0.2) is 23.0 Å². The molecular weight excluding hydrogens is 415 g/mol. The number of alkyl halides is 3. The Morgan fingerprint density at radius 1 is 1.06 bits per heavy atom. The molecule has 0 unspecified atom stereocenters. The molecule has 3 heterocycles. The van der Waals surface area contributed by atoms with Gasteiger partial charge in [0.25, 0.3) is 5.82 Å². The molecule has 11 heteroatoms. The van der Waals surface area contributed by atoms with E-state index in [0.29, 0.717) is 37.2 Å².